The molecule has 1 saturated heterocycles. The third kappa shape index (κ3) is 3.79. The number of benzene rings is 1. The van der Waals surface area contributed by atoms with Crippen molar-refractivity contribution in [3.05, 3.63) is 28.8 Å². The zero-order chi connectivity index (χ0) is 16.2. The first-order valence-corrected chi connectivity index (χ1v) is 8.52. The first-order valence-electron chi connectivity index (χ1n) is 8.14. The highest BCUT2D eigenvalue weighted by Crippen LogP contribution is 2.34. The van der Waals surface area contributed by atoms with Gasteiger partial charge in [-0.05, 0) is 37.8 Å². The molecular weight excluding hydrogens is 316 g/mol. The van der Waals surface area contributed by atoms with Gasteiger partial charge in [0.15, 0.2) is 0 Å². The predicted molar refractivity (Wildman–Crippen MR) is 89.8 cm³/mol. The van der Waals surface area contributed by atoms with Gasteiger partial charge in [-0.3, -0.25) is 0 Å². The van der Waals surface area contributed by atoms with E-state index in [1.807, 2.05) is 12.1 Å². The van der Waals surface area contributed by atoms with Crippen molar-refractivity contribution in [3.63, 3.8) is 0 Å². The number of carbonyl (C=O) groups excluding carboxylic acids is 1. The standard InChI is InChI=1S/C17H23ClN2O3/c1-22-10-12-13(18)4-2-5-15(12)20-17(21)19-14-6-3-7-16-11(14)8-9-23-16/h2,4-5,11,14,16H,3,6-10H2,1H3,(H2,19,20,21)/t11-,14+,16+/m0/s1. The number of amides is 2. The smallest absolute Gasteiger partial charge is 0.319 e. The molecule has 1 heterocycles. The van der Waals surface area contributed by atoms with Gasteiger partial charge in [-0.2, -0.15) is 0 Å². The third-order valence-electron chi connectivity index (χ3n) is 4.75. The molecule has 1 aromatic carbocycles. The average Bonchev–Trinajstić information content (AvgIpc) is 3.00. The molecule has 1 aromatic rings. The molecule has 2 N–H and O–H groups in total. The Morgan fingerprint density at radius 2 is 2.26 bits per heavy atom. The average molecular weight is 339 g/mol. The molecule has 0 spiro atoms. The van der Waals surface area contributed by atoms with Crippen LogP contribution in [0.4, 0.5) is 10.5 Å². The fourth-order valence-corrected chi connectivity index (χ4v) is 3.88. The molecule has 1 saturated carbocycles. The predicted octanol–water partition coefficient (Wildman–Crippen LogP) is 3.57. The summed E-state index contributed by atoms with van der Waals surface area (Å²) < 4.78 is 10.9. The fraction of sp³-hybridized carbons (Fsp3) is 0.588. The lowest BCUT2D eigenvalue weighted by Crippen LogP contribution is -2.47. The zero-order valence-electron chi connectivity index (χ0n) is 13.3. The lowest BCUT2D eigenvalue weighted by Gasteiger charge is -2.33. The summed E-state index contributed by atoms with van der Waals surface area (Å²) >= 11 is 6.19. The van der Waals surface area contributed by atoms with Crippen LogP contribution >= 0.6 is 11.6 Å². The van der Waals surface area contributed by atoms with Gasteiger partial charge in [-0.15, -0.1) is 0 Å². The summed E-state index contributed by atoms with van der Waals surface area (Å²) in [7, 11) is 1.61. The number of ether oxygens (including phenoxy) is 2. The van der Waals surface area contributed by atoms with Crippen molar-refractivity contribution in [3.8, 4) is 0 Å². The lowest BCUT2D eigenvalue weighted by molar-refractivity contribution is 0.0553. The van der Waals surface area contributed by atoms with Crippen LogP contribution in [0.25, 0.3) is 0 Å². The van der Waals surface area contributed by atoms with E-state index in [9.17, 15) is 4.79 Å². The van der Waals surface area contributed by atoms with Crippen molar-refractivity contribution in [2.45, 2.75) is 44.4 Å². The molecule has 0 unspecified atom stereocenters. The van der Waals surface area contributed by atoms with E-state index in [0.717, 1.165) is 37.9 Å². The van der Waals surface area contributed by atoms with Crippen LogP contribution < -0.4 is 10.6 Å². The molecule has 2 fully saturated rings. The Labute approximate surface area is 141 Å². The van der Waals surface area contributed by atoms with Gasteiger partial charge in [-0.25, -0.2) is 4.79 Å². The van der Waals surface area contributed by atoms with Crippen LogP contribution in [0, 0.1) is 5.92 Å². The monoisotopic (exact) mass is 338 g/mol. The second kappa shape index (κ2) is 7.51. The molecule has 2 aliphatic rings. The Hall–Kier alpha value is -1.30. The summed E-state index contributed by atoms with van der Waals surface area (Å²) in [4.78, 5) is 12.4. The van der Waals surface area contributed by atoms with Gasteiger partial charge < -0.3 is 20.1 Å². The molecule has 0 radical (unpaired) electrons. The van der Waals surface area contributed by atoms with Crippen LogP contribution in [-0.2, 0) is 16.1 Å². The van der Waals surface area contributed by atoms with Crippen LogP contribution in [0.3, 0.4) is 0 Å². The minimum absolute atomic E-state index is 0.182. The molecule has 126 valence electrons. The summed E-state index contributed by atoms with van der Waals surface area (Å²) in [6, 6.07) is 5.44. The van der Waals surface area contributed by atoms with Crippen molar-refractivity contribution in [2.24, 2.45) is 5.92 Å². The highest BCUT2D eigenvalue weighted by atomic mass is 35.5. The van der Waals surface area contributed by atoms with E-state index < -0.39 is 0 Å². The molecule has 23 heavy (non-hydrogen) atoms. The van der Waals surface area contributed by atoms with E-state index >= 15 is 0 Å². The highest BCUT2D eigenvalue weighted by Gasteiger charge is 2.38. The Bertz CT molecular complexity index is 567. The van der Waals surface area contributed by atoms with E-state index in [2.05, 4.69) is 10.6 Å². The fourth-order valence-electron chi connectivity index (χ4n) is 3.65. The van der Waals surface area contributed by atoms with Crippen LogP contribution in [0.15, 0.2) is 18.2 Å². The van der Waals surface area contributed by atoms with Gasteiger partial charge >= 0.3 is 6.03 Å². The molecule has 2 amide bonds. The van der Waals surface area contributed by atoms with E-state index in [4.69, 9.17) is 21.1 Å². The Balaban J connectivity index is 1.64. The van der Waals surface area contributed by atoms with Gasteiger partial charge in [0.25, 0.3) is 0 Å². The maximum absolute atomic E-state index is 12.4. The number of halogens is 1. The van der Waals surface area contributed by atoms with Crippen molar-refractivity contribution in [2.75, 3.05) is 19.0 Å². The number of anilines is 1. The summed E-state index contributed by atoms with van der Waals surface area (Å²) in [5.41, 5.74) is 1.48. The van der Waals surface area contributed by atoms with Crippen molar-refractivity contribution < 1.29 is 14.3 Å². The maximum Gasteiger partial charge on any atom is 0.319 e. The quantitative estimate of drug-likeness (QED) is 0.882. The second-order valence-corrected chi connectivity index (χ2v) is 6.60. The number of methoxy groups -OCH3 is 1. The number of fused-ring (bicyclic) bond motifs is 1. The van der Waals surface area contributed by atoms with Crippen molar-refractivity contribution in [1.82, 2.24) is 5.32 Å². The molecule has 5 nitrogen and oxygen atoms in total. The summed E-state index contributed by atoms with van der Waals surface area (Å²) in [5.74, 6) is 0.437. The summed E-state index contributed by atoms with van der Waals surface area (Å²) in [6.07, 6.45) is 4.55. The van der Waals surface area contributed by atoms with Crippen LogP contribution in [0.2, 0.25) is 5.02 Å². The first kappa shape index (κ1) is 16.6. The Morgan fingerprint density at radius 1 is 1.39 bits per heavy atom. The zero-order valence-corrected chi connectivity index (χ0v) is 14.1. The molecule has 0 aromatic heterocycles. The first-order chi connectivity index (χ1) is 11.2. The van der Waals surface area contributed by atoms with E-state index in [-0.39, 0.29) is 12.1 Å². The largest absolute Gasteiger partial charge is 0.380 e. The van der Waals surface area contributed by atoms with Gasteiger partial charge in [0.1, 0.15) is 0 Å². The molecule has 1 aliphatic heterocycles. The minimum atomic E-state index is -0.192. The number of carbonyl (C=O) groups is 1. The van der Waals surface area contributed by atoms with E-state index in [1.54, 1.807) is 13.2 Å². The van der Waals surface area contributed by atoms with Crippen LogP contribution in [-0.4, -0.2) is 31.9 Å². The number of hydrogen-bond acceptors (Lipinski definition) is 3. The van der Waals surface area contributed by atoms with Gasteiger partial charge in [0.05, 0.1) is 12.7 Å². The molecule has 3 atom stereocenters. The summed E-state index contributed by atoms with van der Waals surface area (Å²) in [5, 5.41) is 6.61. The van der Waals surface area contributed by atoms with E-state index in [0.29, 0.717) is 29.3 Å². The minimum Gasteiger partial charge on any atom is -0.380 e. The normalized spacial score (nSPS) is 26.6. The van der Waals surface area contributed by atoms with Crippen molar-refractivity contribution >= 4 is 23.3 Å². The number of nitrogens with one attached hydrogen (secondary N) is 2. The number of rotatable bonds is 4. The molecule has 3 rings (SSSR count). The lowest BCUT2D eigenvalue weighted by atomic mass is 9.82. The summed E-state index contributed by atoms with van der Waals surface area (Å²) in [6.45, 7) is 1.17. The Morgan fingerprint density at radius 3 is 3.09 bits per heavy atom. The molecule has 0 bridgehead atoms. The highest BCUT2D eigenvalue weighted by molar-refractivity contribution is 6.31. The second-order valence-electron chi connectivity index (χ2n) is 6.20. The van der Waals surface area contributed by atoms with Crippen molar-refractivity contribution in [1.29, 1.82) is 0 Å². The van der Waals surface area contributed by atoms with Gasteiger partial charge in [-0.1, -0.05) is 17.7 Å². The number of urea groups is 1. The number of hydrogen-bond donors (Lipinski definition) is 2. The molecule has 6 heteroatoms. The molecule has 1 aliphatic carbocycles. The Kier molecular flexibility index (Phi) is 5.41. The van der Waals surface area contributed by atoms with Gasteiger partial charge in [0.2, 0.25) is 0 Å². The van der Waals surface area contributed by atoms with Gasteiger partial charge in [0, 0.05) is 41.9 Å². The van der Waals surface area contributed by atoms with Crippen LogP contribution in [0.5, 0.6) is 0 Å². The topological polar surface area (TPSA) is 59.6 Å². The van der Waals surface area contributed by atoms with E-state index in [1.165, 1.54) is 0 Å². The SMILES string of the molecule is COCc1c(Cl)cccc1NC(=O)N[C@@H]1CCC[C@H]2OCC[C@@H]12. The van der Waals surface area contributed by atoms with Crippen LogP contribution in [0.1, 0.15) is 31.2 Å². The molecular formula is C17H23ClN2O3. The third-order valence-corrected chi connectivity index (χ3v) is 5.11. The maximum atomic E-state index is 12.4.